The third kappa shape index (κ3) is 3.56. The Morgan fingerprint density at radius 3 is 2.48 bits per heavy atom. The van der Waals surface area contributed by atoms with Gasteiger partial charge in [-0.15, -0.1) is 0 Å². The summed E-state index contributed by atoms with van der Waals surface area (Å²) in [5, 5.41) is 3.36. The molecule has 1 aliphatic heterocycles. The molecule has 0 saturated carbocycles. The number of hydrogen-bond acceptors (Lipinski definition) is 3. The fourth-order valence-corrected chi connectivity index (χ4v) is 2.82. The van der Waals surface area contributed by atoms with Gasteiger partial charge in [0.25, 0.3) is 5.91 Å². The molecule has 0 aromatic heterocycles. The quantitative estimate of drug-likeness (QED) is 0.925. The molecule has 1 heterocycles. The molecule has 1 amide bonds. The Kier molecular flexibility index (Phi) is 5.23. The van der Waals surface area contributed by atoms with Crippen molar-refractivity contribution >= 4 is 11.6 Å². The Hall–Kier alpha value is -1.55. The van der Waals surface area contributed by atoms with Crippen molar-refractivity contribution in [2.75, 3.05) is 32.0 Å². The molecule has 1 aromatic carbocycles. The van der Waals surface area contributed by atoms with Gasteiger partial charge < -0.3 is 10.2 Å². The van der Waals surface area contributed by atoms with Crippen LogP contribution in [-0.2, 0) is 0 Å². The maximum Gasteiger partial charge on any atom is 0.256 e. The van der Waals surface area contributed by atoms with E-state index in [9.17, 15) is 4.79 Å². The van der Waals surface area contributed by atoms with E-state index in [0.29, 0.717) is 12.1 Å². The van der Waals surface area contributed by atoms with Crippen LogP contribution in [0.1, 0.15) is 37.6 Å². The number of likely N-dealkylation sites (N-methyl/N-ethyl adjacent to an activating group) is 1. The predicted molar refractivity (Wildman–Crippen MR) is 87.8 cm³/mol. The van der Waals surface area contributed by atoms with Gasteiger partial charge >= 0.3 is 0 Å². The zero-order chi connectivity index (χ0) is 15.4. The van der Waals surface area contributed by atoms with Crippen molar-refractivity contribution in [1.82, 2.24) is 9.80 Å². The number of hydrogen-bond donors (Lipinski definition) is 1. The first-order valence-corrected chi connectivity index (χ1v) is 7.88. The standard InChI is InChI=1S/C17H27N3O/c1-5-10-18-16-9-7-6-8-15(16)17(21)20-11-13(2)19(4)14(3)12-20/h6-9,13-14,18H,5,10-12H2,1-4H3. The van der Waals surface area contributed by atoms with E-state index in [1.165, 1.54) is 0 Å². The van der Waals surface area contributed by atoms with Crippen molar-refractivity contribution in [2.45, 2.75) is 39.3 Å². The van der Waals surface area contributed by atoms with Crippen LogP contribution in [0.3, 0.4) is 0 Å². The van der Waals surface area contributed by atoms with E-state index in [1.807, 2.05) is 29.2 Å². The van der Waals surface area contributed by atoms with Gasteiger partial charge in [-0.05, 0) is 39.4 Å². The van der Waals surface area contributed by atoms with Gasteiger partial charge in [0.2, 0.25) is 0 Å². The molecule has 0 spiro atoms. The maximum absolute atomic E-state index is 12.8. The summed E-state index contributed by atoms with van der Waals surface area (Å²) < 4.78 is 0. The van der Waals surface area contributed by atoms with E-state index in [2.05, 4.69) is 38.0 Å². The molecule has 4 nitrogen and oxygen atoms in total. The molecule has 1 fully saturated rings. The van der Waals surface area contributed by atoms with Gasteiger partial charge in [0.15, 0.2) is 0 Å². The number of nitrogens with one attached hydrogen (secondary N) is 1. The molecule has 1 saturated heterocycles. The van der Waals surface area contributed by atoms with Gasteiger partial charge in [-0.2, -0.15) is 0 Å². The van der Waals surface area contributed by atoms with Crippen molar-refractivity contribution in [2.24, 2.45) is 0 Å². The SMILES string of the molecule is CCCNc1ccccc1C(=O)N1CC(C)N(C)C(C)C1. The van der Waals surface area contributed by atoms with E-state index in [4.69, 9.17) is 0 Å². The monoisotopic (exact) mass is 289 g/mol. The highest BCUT2D eigenvalue weighted by molar-refractivity contribution is 5.99. The third-order valence-electron chi connectivity index (χ3n) is 4.37. The van der Waals surface area contributed by atoms with Crippen LogP contribution in [0.15, 0.2) is 24.3 Å². The number of para-hydroxylation sites is 1. The van der Waals surface area contributed by atoms with Gasteiger partial charge in [0, 0.05) is 37.4 Å². The molecule has 1 aliphatic rings. The van der Waals surface area contributed by atoms with Crippen LogP contribution in [0.5, 0.6) is 0 Å². The first-order chi connectivity index (χ1) is 10.0. The second-order valence-corrected chi connectivity index (χ2v) is 6.05. The molecule has 0 bridgehead atoms. The fourth-order valence-electron chi connectivity index (χ4n) is 2.82. The summed E-state index contributed by atoms with van der Waals surface area (Å²) in [5.74, 6) is 0.140. The van der Waals surface area contributed by atoms with Crippen molar-refractivity contribution < 1.29 is 4.79 Å². The minimum absolute atomic E-state index is 0.140. The normalized spacial score (nSPS) is 23.1. The molecule has 116 valence electrons. The number of carbonyl (C=O) groups is 1. The van der Waals surface area contributed by atoms with Crippen LogP contribution in [0.2, 0.25) is 0 Å². The van der Waals surface area contributed by atoms with E-state index < -0.39 is 0 Å². The zero-order valence-electron chi connectivity index (χ0n) is 13.6. The first kappa shape index (κ1) is 15.8. The number of piperazine rings is 1. The van der Waals surface area contributed by atoms with Crippen LogP contribution in [0.4, 0.5) is 5.69 Å². The molecule has 0 radical (unpaired) electrons. The summed E-state index contributed by atoms with van der Waals surface area (Å²) in [7, 11) is 2.13. The summed E-state index contributed by atoms with van der Waals surface area (Å²) >= 11 is 0. The molecule has 2 rings (SSSR count). The van der Waals surface area contributed by atoms with E-state index in [1.54, 1.807) is 0 Å². The second-order valence-electron chi connectivity index (χ2n) is 6.05. The third-order valence-corrected chi connectivity index (χ3v) is 4.37. The number of nitrogens with zero attached hydrogens (tertiary/aromatic N) is 2. The van der Waals surface area contributed by atoms with Crippen LogP contribution < -0.4 is 5.32 Å². The van der Waals surface area contributed by atoms with Gasteiger partial charge in [0.1, 0.15) is 0 Å². The summed E-state index contributed by atoms with van der Waals surface area (Å²) in [5.41, 5.74) is 1.73. The molecule has 2 unspecified atom stereocenters. The summed E-state index contributed by atoms with van der Waals surface area (Å²) in [6.45, 7) is 8.96. The van der Waals surface area contributed by atoms with Crippen molar-refractivity contribution in [1.29, 1.82) is 0 Å². The molecule has 2 atom stereocenters. The molecule has 0 aliphatic carbocycles. The van der Waals surface area contributed by atoms with Gasteiger partial charge in [-0.1, -0.05) is 19.1 Å². The lowest BCUT2D eigenvalue weighted by Crippen LogP contribution is -2.56. The number of amides is 1. The molecule has 1 aromatic rings. The smallest absolute Gasteiger partial charge is 0.256 e. The number of carbonyl (C=O) groups excluding carboxylic acids is 1. The Bertz CT molecular complexity index is 477. The molecule has 4 heteroatoms. The molecule has 1 N–H and O–H groups in total. The van der Waals surface area contributed by atoms with Crippen LogP contribution in [-0.4, -0.2) is 54.5 Å². The Balaban J connectivity index is 2.16. The van der Waals surface area contributed by atoms with E-state index >= 15 is 0 Å². The highest BCUT2D eigenvalue weighted by Crippen LogP contribution is 2.21. The van der Waals surface area contributed by atoms with Crippen molar-refractivity contribution in [3.05, 3.63) is 29.8 Å². The number of benzene rings is 1. The molecular weight excluding hydrogens is 262 g/mol. The van der Waals surface area contributed by atoms with Gasteiger partial charge in [0.05, 0.1) is 5.56 Å². The van der Waals surface area contributed by atoms with Crippen molar-refractivity contribution in [3.63, 3.8) is 0 Å². The lowest BCUT2D eigenvalue weighted by atomic mass is 10.1. The average Bonchev–Trinajstić information content (AvgIpc) is 2.49. The van der Waals surface area contributed by atoms with Crippen LogP contribution in [0, 0.1) is 0 Å². The first-order valence-electron chi connectivity index (χ1n) is 7.88. The van der Waals surface area contributed by atoms with Crippen molar-refractivity contribution in [3.8, 4) is 0 Å². The molecular formula is C17H27N3O. The lowest BCUT2D eigenvalue weighted by Gasteiger charge is -2.42. The van der Waals surface area contributed by atoms with E-state index in [-0.39, 0.29) is 5.91 Å². The fraction of sp³-hybridized carbons (Fsp3) is 0.588. The van der Waals surface area contributed by atoms with Crippen LogP contribution in [0.25, 0.3) is 0 Å². The number of rotatable bonds is 4. The minimum atomic E-state index is 0.140. The Morgan fingerprint density at radius 2 is 1.86 bits per heavy atom. The lowest BCUT2D eigenvalue weighted by molar-refractivity contribution is 0.0415. The van der Waals surface area contributed by atoms with E-state index in [0.717, 1.165) is 37.3 Å². The zero-order valence-corrected chi connectivity index (χ0v) is 13.6. The summed E-state index contributed by atoms with van der Waals surface area (Å²) in [6.07, 6.45) is 1.05. The highest BCUT2D eigenvalue weighted by atomic mass is 16.2. The molecule has 21 heavy (non-hydrogen) atoms. The largest absolute Gasteiger partial charge is 0.384 e. The average molecular weight is 289 g/mol. The maximum atomic E-state index is 12.8. The minimum Gasteiger partial charge on any atom is -0.384 e. The van der Waals surface area contributed by atoms with Gasteiger partial charge in [-0.25, -0.2) is 0 Å². The van der Waals surface area contributed by atoms with Gasteiger partial charge in [-0.3, -0.25) is 9.69 Å². The topological polar surface area (TPSA) is 35.6 Å². The summed E-state index contributed by atoms with van der Waals surface area (Å²) in [4.78, 5) is 17.2. The Labute approximate surface area is 128 Å². The summed E-state index contributed by atoms with van der Waals surface area (Å²) in [6, 6.07) is 8.62. The van der Waals surface area contributed by atoms with Crippen LogP contribution >= 0.6 is 0 Å². The number of anilines is 1. The Morgan fingerprint density at radius 1 is 1.24 bits per heavy atom. The highest BCUT2D eigenvalue weighted by Gasteiger charge is 2.30. The second kappa shape index (κ2) is 6.94. The predicted octanol–water partition coefficient (Wildman–Crippen LogP) is 2.67.